The molecule has 0 aliphatic carbocycles. The zero-order valence-corrected chi connectivity index (χ0v) is 28.0. The summed E-state index contributed by atoms with van der Waals surface area (Å²) in [6, 6.07) is 13.7. The fourth-order valence-corrected chi connectivity index (χ4v) is 4.85. The van der Waals surface area contributed by atoms with Crippen molar-refractivity contribution in [2.45, 2.75) is 50.5 Å². The average molecular weight is 728 g/mol. The molecule has 3 amide bonds. The van der Waals surface area contributed by atoms with Gasteiger partial charge in [-0.05, 0) is 0 Å². The van der Waals surface area contributed by atoms with Crippen LogP contribution in [0.2, 0.25) is 0 Å². The second-order valence-electron chi connectivity index (χ2n) is 11.8. The van der Waals surface area contributed by atoms with Gasteiger partial charge in [-0.2, -0.15) is 13.2 Å². The van der Waals surface area contributed by atoms with Crippen LogP contribution in [-0.2, 0) is 25.6 Å². The molecular weight excluding hydrogens is 695 g/mol. The van der Waals surface area contributed by atoms with Gasteiger partial charge in [-0.3, -0.25) is 4.79 Å². The molecule has 0 spiro atoms. The van der Waals surface area contributed by atoms with Crippen molar-refractivity contribution in [3.8, 4) is 11.8 Å². The molecule has 3 atom stereocenters. The van der Waals surface area contributed by atoms with E-state index in [4.69, 9.17) is 12.2 Å². The van der Waals surface area contributed by atoms with Crippen LogP contribution in [0.15, 0.2) is 72.8 Å². The number of halogens is 6. The predicted octanol–water partition coefficient (Wildman–Crippen LogP) is 3.43. The first-order chi connectivity index (χ1) is 24.4. The molecule has 273 valence electrons. The molecule has 0 saturated heterocycles. The van der Waals surface area contributed by atoms with Gasteiger partial charge in [0.1, 0.15) is 6.54 Å². The Morgan fingerprint density at radius 3 is 2.12 bits per heavy atom. The number of Topliss-reactive ketones (excluding diaryl/α,β-unsaturated/α-hetero) is 1. The first kappa shape index (κ1) is 40.8. The maximum atomic E-state index is 14.9. The third kappa shape index (κ3) is 11.2. The van der Waals surface area contributed by atoms with Gasteiger partial charge in [-0.25, -0.2) is 0 Å². The number of alkyl halides is 5. The molecule has 17 heteroatoms. The Bertz CT molecular complexity index is 1830. The first-order valence-corrected chi connectivity index (χ1v) is 15.5. The SMILES string of the molecule is [B]=C(NC(Cc1cccc(F)c1)C(=O)NC(C(=O)N[C@H](C(=O)C(F)(F)C(=O)NCC(F)(F)F)C(C)C)c1ccc(OC)cc1)c1cccc(C#N)c1. The van der Waals surface area contributed by atoms with E-state index in [0.29, 0.717) is 16.9 Å². The summed E-state index contributed by atoms with van der Waals surface area (Å²) in [7, 11) is 7.62. The van der Waals surface area contributed by atoms with E-state index in [1.165, 1.54) is 75.6 Å². The number of hydrogen-bond donors (Lipinski definition) is 4. The summed E-state index contributed by atoms with van der Waals surface area (Å²) in [5.41, 5.74) is 0.893. The number of rotatable bonds is 16. The number of ketones is 1. The molecule has 10 nitrogen and oxygen atoms in total. The Kier molecular flexibility index (Phi) is 13.7. The molecule has 3 rings (SSSR count). The van der Waals surface area contributed by atoms with Gasteiger partial charge < -0.3 is 5.32 Å². The summed E-state index contributed by atoms with van der Waals surface area (Å²) in [5, 5.41) is 17.7. The van der Waals surface area contributed by atoms with E-state index < -0.39 is 72.0 Å². The van der Waals surface area contributed by atoms with Crippen LogP contribution < -0.4 is 26.0 Å². The molecule has 52 heavy (non-hydrogen) atoms. The molecule has 0 aromatic heterocycles. The number of nitrogens with zero attached hydrogens (tertiary/aromatic N) is 1. The molecule has 1 radical (unpaired) electrons. The van der Waals surface area contributed by atoms with Crippen molar-refractivity contribution in [2.24, 2.45) is 5.92 Å². The zero-order valence-electron chi connectivity index (χ0n) is 28.0. The molecule has 0 bridgehead atoms. The van der Waals surface area contributed by atoms with Crippen molar-refractivity contribution in [1.82, 2.24) is 21.3 Å². The van der Waals surface area contributed by atoms with Crippen molar-refractivity contribution in [2.75, 3.05) is 13.7 Å². The number of methoxy groups -OCH3 is 1. The summed E-state index contributed by atoms with van der Waals surface area (Å²) in [4.78, 5) is 52.7. The van der Waals surface area contributed by atoms with Crippen LogP contribution in [0.1, 0.15) is 42.1 Å². The first-order valence-electron chi connectivity index (χ1n) is 15.5. The molecule has 3 aromatic rings. The number of nitriles is 1. The number of carbonyl (C=O) groups is 4. The number of hydrogen-bond acceptors (Lipinski definition) is 7. The molecule has 4 N–H and O–H groups in total. The van der Waals surface area contributed by atoms with Gasteiger partial charge in [-0.1, -0.05) is 0 Å². The summed E-state index contributed by atoms with van der Waals surface area (Å²) in [6.45, 7) is 0.355. The maximum absolute atomic E-state index is 14.9. The Labute approximate surface area is 296 Å². The molecular formula is C35H33BF6N5O5. The van der Waals surface area contributed by atoms with Crippen molar-refractivity contribution in [3.05, 3.63) is 101 Å². The summed E-state index contributed by atoms with van der Waals surface area (Å²) in [6.07, 6.45) is -5.25. The fraction of sp³-hybridized carbons (Fsp3) is 0.314. The van der Waals surface area contributed by atoms with E-state index in [0.717, 1.165) is 11.4 Å². The number of carbonyl (C=O) groups excluding carboxylic acids is 4. The van der Waals surface area contributed by atoms with Crippen LogP contribution in [0.25, 0.3) is 0 Å². The molecule has 0 fully saturated rings. The second-order valence-corrected chi connectivity index (χ2v) is 11.8. The van der Waals surface area contributed by atoms with Gasteiger partial charge in [-0.15, -0.1) is 0 Å². The van der Waals surface area contributed by atoms with Crippen LogP contribution in [0.5, 0.6) is 5.75 Å². The van der Waals surface area contributed by atoms with Gasteiger partial charge in [0.2, 0.25) is 0 Å². The topological polar surface area (TPSA) is 149 Å². The third-order valence-electron chi connectivity index (χ3n) is 7.57. The molecule has 0 saturated carbocycles. The van der Waals surface area contributed by atoms with Crippen LogP contribution in [0.3, 0.4) is 0 Å². The number of nitrogens with one attached hydrogen (secondary N) is 4. The number of amides is 3. The number of benzene rings is 3. The van der Waals surface area contributed by atoms with Crippen molar-refractivity contribution in [3.63, 3.8) is 0 Å². The Morgan fingerprint density at radius 2 is 1.54 bits per heavy atom. The molecule has 0 heterocycles. The molecule has 2 unspecified atom stereocenters. The van der Waals surface area contributed by atoms with Crippen LogP contribution in [0.4, 0.5) is 26.3 Å². The van der Waals surface area contributed by atoms with Crippen molar-refractivity contribution < 1.29 is 50.3 Å². The Hall–Kier alpha value is -5.66. The molecule has 0 aliphatic rings. The van der Waals surface area contributed by atoms with Crippen LogP contribution >= 0.6 is 0 Å². The molecule has 3 aromatic carbocycles. The van der Waals surface area contributed by atoms with E-state index in [9.17, 15) is 50.8 Å². The summed E-state index contributed by atoms with van der Waals surface area (Å²) >= 11 is 0. The quantitative estimate of drug-likeness (QED) is 0.100. The minimum absolute atomic E-state index is 0.0689. The zero-order chi connectivity index (χ0) is 38.8. The van der Waals surface area contributed by atoms with Crippen LogP contribution in [0, 0.1) is 23.1 Å². The summed E-state index contributed by atoms with van der Waals surface area (Å²) < 4.78 is 86.7. The standard InChI is InChI=1S/C35H33BF6N5O5/c1-19(2)27(29(48)35(41,42)33(51)44-18-34(38,39)40)46-32(50)28(22-10-12-25(52-3)13-11-22)47-31(49)26(16-20-6-5-9-24(37)15-20)45-30(36)23-8-4-7-21(14-23)17-43/h4-15,19,26-28,45H,16,18H2,1-3H3,(H,44,51)(H,46,50)(H,47,49)/t26?,27-,28?/m0/s1. The average Bonchev–Trinajstić information content (AvgIpc) is 3.10. The third-order valence-corrected chi connectivity index (χ3v) is 7.57. The second kappa shape index (κ2) is 17.5. The van der Waals surface area contributed by atoms with E-state index >= 15 is 0 Å². The predicted molar refractivity (Wildman–Crippen MR) is 178 cm³/mol. The summed E-state index contributed by atoms with van der Waals surface area (Å²) in [5.74, 6) is -13.2. The van der Waals surface area contributed by atoms with Gasteiger partial charge in [0, 0.05) is 0 Å². The molecule has 0 aliphatic heterocycles. The van der Waals surface area contributed by atoms with Crippen molar-refractivity contribution in [1.29, 1.82) is 5.26 Å². The van der Waals surface area contributed by atoms with Crippen LogP contribution in [-0.4, -0.2) is 74.4 Å². The van der Waals surface area contributed by atoms with E-state index in [1.54, 1.807) is 12.1 Å². The monoisotopic (exact) mass is 728 g/mol. The Morgan fingerprint density at radius 1 is 0.885 bits per heavy atom. The minimum atomic E-state index is -5.05. The van der Waals surface area contributed by atoms with Gasteiger partial charge in [0.15, 0.2) is 0 Å². The van der Waals surface area contributed by atoms with E-state index in [-0.39, 0.29) is 23.1 Å². The van der Waals surface area contributed by atoms with Gasteiger partial charge >= 0.3 is 266 Å². The Balaban J connectivity index is 1.98. The fourth-order valence-electron chi connectivity index (χ4n) is 4.85. The van der Waals surface area contributed by atoms with E-state index in [1.807, 2.05) is 6.07 Å². The normalized spacial score (nSPS) is 13.2. The van der Waals surface area contributed by atoms with Gasteiger partial charge in [0.05, 0.1) is 0 Å². The van der Waals surface area contributed by atoms with Gasteiger partial charge in [0.25, 0.3) is 0 Å². The number of ether oxygens (including phenoxy) is 1. The van der Waals surface area contributed by atoms with Crippen molar-refractivity contribution >= 4 is 36.6 Å². The van der Waals surface area contributed by atoms with E-state index in [2.05, 4.69) is 16.0 Å².